The quantitative estimate of drug-likeness (QED) is 0.726. The van der Waals surface area contributed by atoms with Gasteiger partial charge in [-0.15, -0.1) is 0 Å². The van der Waals surface area contributed by atoms with Gasteiger partial charge in [0.1, 0.15) is 11.9 Å². The molecular formula is C11H13FN2O. The Labute approximate surface area is 88.2 Å². The highest BCUT2D eigenvalue weighted by molar-refractivity contribution is 5.49. The fourth-order valence-corrected chi connectivity index (χ4v) is 1.19. The number of halogens is 1. The number of rotatable bonds is 5. The first kappa shape index (κ1) is 11.5. The van der Waals surface area contributed by atoms with E-state index < -0.39 is 5.82 Å². The van der Waals surface area contributed by atoms with Gasteiger partial charge in [-0.1, -0.05) is 0 Å². The van der Waals surface area contributed by atoms with Crippen molar-refractivity contribution < 1.29 is 9.50 Å². The number of hydrogen-bond donors (Lipinski definition) is 2. The van der Waals surface area contributed by atoms with Crippen LogP contribution in [-0.2, 0) is 0 Å². The predicted molar refractivity (Wildman–Crippen MR) is 55.9 cm³/mol. The van der Waals surface area contributed by atoms with Crippen molar-refractivity contribution in [2.75, 3.05) is 18.5 Å². The highest BCUT2D eigenvalue weighted by Gasteiger charge is 2.01. The molecule has 1 aromatic rings. The van der Waals surface area contributed by atoms with Crippen LogP contribution in [0.4, 0.5) is 10.1 Å². The third-order valence-electron chi connectivity index (χ3n) is 2.00. The van der Waals surface area contributed by atoms with Gasteiger partial charge in [0.05, 0.1) is 5.56 Å². The third-order valence-corrected chi connectivity index (χ3v) is 2.00. The van der Waals surface area contributed by atoms with Gasteiger partial charge in [0.25, 0.3) is 0 Å². The van der Waals surface area contributed by atoms with Gasteiger partial charge >= 0.3 is 0 Å². The van der Waals surface area contributed by atoms with Crippen LogP contribution in [0.15, 0.2) is 18.2 Å². The standard InChI is InChI=1S/C11H13FN2O/c12-11-4-3-10(7-9(11)8-13)14-5-1-2-6-15/h3-4,7,14-15H,1-2,5-6H2. The Balaban J connectivity index is 2.52. The van der Waals surface area contributed by atoms with Crippen LogP contribution >= 0.6 is 0 Å². The highest BCUT2D eigenvalue weighted by Crippen LogP contribution is 2.13. The average molecular weight is 208 g/mol. The molecule has 3 nitrogen and oxygen atoms in total. The summed E-state index contributed by atoms with van der Waals surface area (Å²) < 4.78 is 12.9. The van der Waals surface area contributed by atoms with Gasteiger partial charge in [-0.25, -0.2) is 4.39 Å². The smallest absolute Gasteiger partial charge is 0.141 e. The van der Waals surface area contributed by atoms with E-state index in [4.69, 9.17) is 10.4 Å². The second-order valence-corrected chi connectivity index (χ2v) is 3.16. The molecule has 1 aromatic carbocycles. The van der Waals surface area contributed by atoms with E-state index in [-0.39, 0.29) is 12.2 Å². The van der Waals surface area contributed by atoms with E-state index in [9.17, 15) is 4.39 Å². The van der Waals surface area contributed by atoms with Crippen LogP contribution < -0.4 is 5.32 Å². The lowest BCUT2D eigenvalue weighted by atomic mass is 10.2. The first-order chi connectivity index (χ1) is 7.27. The predicted octanol–water partition coefficient (Wildman–Crippen LogP) is 1.88. The molecule has 0 aliphatic heterocycles. The molecule has 2 N–H and O–H groups in total. The van der Waals surface area contributed by atoms with Crippen LogP contribution in [-0.4, -0.2) is 18.3 Å². The summed E-state index contributed by atoms with van der Waals surface area (Å²) in [5.41, 5.74) is 0.771. The molecule has 0 atom stereocenters. The number of anilines is 1. The molecular weight excluding hydrogens is 195 g/mol. The lowest BCUT2D eigenvalue weighted by molar-refractivity contribution is 0.286. The normalized spacial score (nSPS) is 9.67. The second-order valence-electron chi connectivity index (χ2n) is 3.16. The zero-order valence-corrected chi connectivity index (χ0v) is 8.33. The van der Waals surface area contributed by atoms with E-state index in [0.29, 0.717) is 6.54 Å². The molecule has 0 radical (unpaired) electrons. The molecule has 0 amide bonds. The minimum absolute atomic E-state index is 0.0437. The van der Waals surface area contributed by atoms with Gasteiger partial charge in [0.15, 0.2) is 0 Å². The van der Waals surface area contributed by atoms with Crippen molar-refractivity contribution in [1.29, 1.82) is 5.26 Å². The summed E-state index contributed by atoms with van der Waals surface area (Å²) in [5, 5.41) is 20.2. The fraction of sp³-hybridized carbons (Fsp3) is 0.364. The lowest BCUT2D eigenvalue weighted by Gasteiger charge is -2.05. The van der Waals surface area contributed by atoms with Crippen LogP contribution in [0.2, 0.25) is 0 Å². The molecule has 0 fully saturated rings. The largest absolute Gasteiger partial charge is 0.396 e. The number of nitrogens with zero attached hydrogens (tertiary/aromatic N) is 1. The Morgan fingerprint density at radius 2 is 2.20 bits per heavy atom. The molecule has 0 bridgehead atoms. The molecule has 0 aromatic heterocycles. The van der Waals surface area contributed by atoms with Crippen LogP contribution in [0.1, 0.15) is 18.4 Å². The number of aliphatic hydroxyl groups excluding tert-OH is 1. The molecule has 15 heavy (non-hydrogen) atoms. The number of nitriles is 1. The van der Waals surface area contributed by atoms with E-state index in [0.717, 1.165) is 18.5 Å². The molecule has 0 aliphatic carbocycles. The molecule has 0 saturated heterocycles. The van der Waals surface area contributed by atoms with E-state index >= 15 is 0 Å². The molecule has 0 aliphatic rings. The monoisotopic (exact) mass is 208 g/mol. The Morgan fingerprint density at radius 3 is 2.87 bits per heavy atom. The average Bonchev–Trinajstić information content (AvgIpc) is 2.26. The summed E-state index contributed by atoms with van der Waals surface area (Å²) in [6.07, 6.45) is 1.58. The van der Waals surface area contributed by atoms with Gasteiger partial charge in [-0.2, -0.15) is 5.26 Å². The SMILES string of the molecule is N#Cc1cc(NCCCCO)ccc1F. The molecule has 0 saturated carbocycles. The Kier molecular flexibility index (Phi) is 4.58. The molecule has 4 heteroatoms. The van der Waals surface area contributed by atoms with E-state index in [1.807, 2.05) is 0 Å². The summed E-state index contributed by atoms with van der Waals surface area (Å²) in [6.45, 7) is 0.881. The number of hydrogen-bond acceptors (Lipinski definition) is 3. The van der Waals surface area contributed by atoms with Crippen LogP contribution in [0.5, 0.6) is 0 Å². The minimum atomic E-state index is -0.501. The highest BCUT2D eigenvalue weighted by atomic mass is 19.1. The second kappa shape index (κ2) is 5.99. The van der Waals surface area contributed by atoms with Crippen LogP contribution in [0, 0.1) is 17.1 Å². The van der Waals surface area contributed by atoms with Crippen molar-refractivity contribution in [2.24, 2.45) is 0 Å². The number of benzene rings is 1. The van der Waals surface area contributed by atoms with Gasteiger partial charge in [0, 0.05) is 18.8 Å². The molecule has 80 valence electrons. The maximum Gasteiger partial charge on any atom is 0.141 e. The van der Waals surface area contributed by atoms with Crippen molar-refractivity contribution in [3.8, 4) is 6.07 Å². The van der Waals surface area contributed by atoms with E-state index in [1.54, 1.807) is 12.1 Å². The van der Waals surface area contributed by atoms with Crippen molar-refractivity contribution in [1.82, 2.24) is 0 Å². The maximum atomic E-state index is 12.9. The zero-order valence-electron chi connectivity index (χ0n) is 8.33. The first-order valence-electron chi connectivity index (χ1n) is 4.82. The number of aliphatic hydroxyl groups is 1. The van der Waals surface area contributed by atoms with Gasteiger partial charge < -0.3 is 10.4 Å². The Hall–Kier alpha value is -1.60. The van der Waals surface area contributed by atoms with E-state index in [1.165, 1.54) is 12.1 Å². The Morgan fingerprint density at radius 1 is 1.40 bits per heavy atom. The summed E-state index contributed by atoms with van der Waals surface area (Å²) >= 11 is 0. The maximum absolute atomic E-state index is 12.9. The number of nitrogens with one attached hydrogen (secondary N) is 1. The summed E-state index contributed by atoms with van der Waals surface area (Å²) in [5.74, 6) is -0.501. The van der Waals surface area contributed by atoms with Crippen molar-refractivity contribution >= 4 is 5.69 Å². The minimum Gasteiger partial charge on any atom is -0.396 e. The lowest BCUT2D eigenvalue weighted by Crippen LogP contribution is -2.02. The molecule has 0 unspecified atom stereocenters. The van der Waals surface area contributed by atoms with Crippen molar-refractivity contribution in [2.45, 2.75) is 12.8 Å². The zero-order chi connectivity index (χ0) is 11.1. The first-order valence-corrected chi connectivity index (χ1v) is 4.82. The summed E-state index contributed by atoms with van der Waals surface area (Å²) in [6, 6.07) is 6.13. The summed E-state index contributed by atoms with van der Waals surface area (Å²) in [7, 11) is 0. The van der Waals surface area contributed by atoms with Gasteiger partial charge in [-0.3, -0.25) is 0 Å². The van der Waals surface area contributed by atoms with Crippen molar-refractivity contribution in [3.05, 3.63) is 29.6 Å². The van der Waals surface area contributed by atoms with E-state index in [2.05, 4.69) is 5.32 Å². The van der Waals surface area contributed by atoms with Gasteiger partial charge in [0.2, 0.25) is 0 Å². The van der Waals surface area contributed by atoms with Crippen LogP contribution in [0.3, 0.4) is 0 Å². The molecule has 1 rings (SSSR count). The topological polar surface area (TPSA) is 56.0 Å². The fourth-order valence-electron chi connectivity index (χ4n) is 1.19. The van der Waals surface area contributed by atoms with Crippen molar-refractivity contribution in [3.63, 3.8) is 0 Å². The number of unbranched alkanes of at least 4 members (excludes halogenated alkanes) is 1. The van der Waals surface area contributed by atoms with Crippen LogP contribution in [0.25, 0.3) is 0 Å². The molecule has 0 spiro atoms. The molecule has 0 heterocycles. The van der Waals surface area contributed by atoms with Gasteiger partial charge in [-0.05, 0) is 31.0 Å². The third kappa shape index (κ3) is 3.56. The Bertz CT molecular complexity index is 360. The summed E-state index contributed by atoms with van der Waals surface area (Å²) in [4.78, 5) is 0.